The molecule has 1 aliphatic rings. The average molecular weight is 458 g/mol. The van der Waals surface area contributed by atoms with Crippen LogP contribution in [0.2, 0.25) is 0 Å². The molecule has 0 N–H and O–H groups in total. The van der Waals surface area contributed by atoms with E-state index in [0.29, 0.717) is 11.1 Å². The normalized spacial score (nSPS) is 14.5. The highest BCUT2D eigenvalue weighted by molar-refractivity contribution is 5.94. The van der Waals surface area contributed by atoms with Crippen LogP contribution in [0.1, 0.15) is 21.6 Å². The number of carbonyl (C=O) groups is 2. The lowest BCUT2D eigenvalue weighted by Gasteiger charge is -2.35. The maximum absolute atomic E-state index is 12.8. The highest BCUT2D eigenvalue weighted by atomic mass is 19.4. The molecule has 172 valence electrons. The van der Waals surface area contributed by atoms with Crippen molar-refractivity contribution in [2.75, 3.05) is 26.2 Å². The van der Waals surface area contributed by atoms with E-state index in [4.69, 9.17) is 0 Å². The van der Waals surface area contributed by atoms with Gasteiger partial charge in [0.2, 0.25) is 5.91 Å². The lowest BCUT2D eigenvalue weighted by Crippen LogP contribution is -2.51. The summed E-state index contributed by atoms with van der Waals surface area (Å²) in [5.41, 5.74) is -0.363. The Morgan fingerprint density at radius 3 is 2.09 bits per heavy atom. The largest absolute Gasteiger partial charge is 0.416 e. The molecule has 1 saturated heterocycles. The molecule has 33 heavy (non-hydrogen) atoms. The van der Waals surface area contributed by atoms with Crippen LogP contribution in [-0.2, 0) is 17.5 Å². The number of hydrogen-bond donors (Lipinski definition) is 0. The second kappa shape index (κ2) is 8.68. The van der Waals surface area contributed by atoms with Crippen molar-refractivity contribution < 1.29 is 22.8 Å². The van der Waals surface area contributed by atoms with Gasteiger partial charge in [0.05, 0.1) is 16.6 Å². The number of aromatic nitrogens is 2. The highest BCUT2D eigenvalue weighted by Crippen LogP contribution is 2.29. The average Bonchev–Trinajstić information content (AvgIpc) is 2.81. The summed E-state index contributed by atoms with van der Waals surface area (Å²) in [6.07, 6.45) is -4.46. The molecule has 4 rings (SSSR count). The van der Waals surface area contributed by atoms with Gasteiger partial charge >= 0.3 is 6.18 Å². The van der Waals surface area contributed by atoms with Gasteiger partial charge in [-0.15, -0.1) is 0 Å². The maximum atomic E-state index is 12.8. The van der Waals surface area contributed by atoms with Gasteiger partial charge in [-0.3, -0.25) is 14.4 Å². The zero-order valence-corrected chi connectivity index (χ0v) is 17.8. The number of rotatable bonds is 3. The third kappa shape index (κ3) is 4.59. The summed E-state index contributed by atoms with van der Waals surface area (Å²) >= 11 is 0. The van der Waals surface area contributed by atoms with Crippen molar-refractivity contribution >= 4 is 22.6 Å². The fourth-order valence-corrected chi connectivity index (χ4v) is 3.88. The minimum Gasteiger partial charge on any atom is -0.338 e. The number of aryl methyl sites for hydroxylation is 1. The number of nitrogens with zero attached hydrogens (tertiary/aromatic N) is 4. The molecule has 0 spiro atoms. The molecule has 2 amide bonds. The minimum atomic E-state index is -4.46. The first-order valence-electron chi connectivity index (χ1n) is 10.4. The molecular formula is C23H21F3N4O3. The number of halogens is 3. The number of hydrogen-bond acceptors (Lipinski definition) is 4. The van der Waals surface area contributed by atoms with Crippen LogP contribution >= 0.6 is 0 Å². The van der Waals surface area contributed by atoms with Crippen molar-refractivity contribution in [3.8, 4) is 0 Å². The number of amides is 2. The number of fused-ring (bicyclic) bond motifs is 1. The van der Waals surface area contributed by atoms with Gasteiger partial charge in [-0.25, -0.2) is 4.68 Å². The van der Waals surface area contributed by atoms with Gasteiger partial charge in [0, 0.05) is 37.1 Å². The van der Waals surface area contributed by atoms with Crippen molar-refractivity contribution in [3.63, 3.8) is 0 Å². The quantitative estimate of drug-likeness (QED) is 0.605. The first-order valence-corrected chi connectivity index (χ1v) is 10.4. The molecule has 0 bridgehead atoms. The van der Waals surface area contributed by atoms with E-state index in [1.54, 1.807) is 30.0 Å². The lowest BCUT2D eigenvalue weighted by molar-refractivity contribution is -0.137. The number of benzene rings is 2. The highest BCUT2D eigenvalue weighted by Gasteiger charge is 2.31. The van der Waals surface area contributed by atoms with Crippen LogP contribution in [0.15, 0.2) is 53.3 Å². The molecule has 1 fully saturated rings. The summed E-state index contributed by atoms with van der Waals surface area (Å²) in [5.74, 6) is -0.681. The molecule has 7 nitrogen and oxygen atoms in total. The minimum absolute atomic E-state index is 0.158. The summed E-state index contributed by atoms with van der Waals surface area (Å²) in [6.45, 7) is 2.56. The van der Waals surface area contributed by atoms with E-state index in [1.807, 2.05) is 6.07 Å². The molecule has 2 heterocycles. The predicted molar refractivity (Wildman–Crippen MR) is 115 cm³/mol. The van der Waals surface area contributed by atoms with Gasteiger partial charge in [-0.1, -0.05) is 18.2 Å². The van der Waals surface area contributed by atoms with Crippen LogP contribution in [0.4, 0.5) is 13.2 Å². The van der Waals surface area contributed by atoms with Gasteiger partial charge in [0.1, 0.15) is 6.54 Å². The predicted octanol–water partition coefficient (Wildman–Crippen LogP) is 2.71. The molecule has 0 unspecified atom stereocenters. The second-order valence-corrected chi connectivity index (χ2v) is 7.84. The fraction of sp³-hybridized carbons (Fsp3) is 0.304. The SMILES string of the molecule is Cc1nn(CC(=O)N2CCN(C(=O)c3ccc(C(F)(F)F)cc3)CC2)c(=O)c2ccccc12. The molecule has 0 saturated carbocycles. The summed E-state index contributed by atoms with van der Waals surface area (Å²) in [6, 6.07) is 11.1. The Morgan fingerprint density at radius 1 is 0.909 bits per heavy atom. The van der Waals surface area contributed by atoms with E-state index < -0.39 is 11.7 Å². The van der Waals surface area contributed by atoms with Crippen LogP contribution in [-0.4, -0.2) is 57.6 Å². The van der Waals surface area contributed by atoms with Crippen LogP contribution in [0.3, 0.4) is 0 Å². The lowest BCUT2D eigenvalue weighted by atomic mass is 10.1. The first kappa shape index (κ1) is 22.5. The maximum Gasteiger partial charge on any atom is 0.416 e. The Kier molecular flexibility index (Phi) is 5.92. The molecule has 0 aliphatic carbocycles. The van der Waals surface area contributed by atoms with E-state index >= 15 is 0 Å². The number of alkyl halides is 3. The molecule has 0 atom stereocenters. The molecule has 1 aliphatic heterocycles. The van der Waals surface area contributed by atoms with Crippen molar-refractivity contribution in [2.24, 2.45) is 0 Å². The molecule has 2 aromatic carbocycles. The topological polar surface area (TPSA) is 75.5 Å². The molecule has 3 aromatic rings. The van der Waals surface area contributed by atoms with Crippen molar-refractivity contribution in [1.82, 2.24) is 19.6 Å². The van der Waals surface area contributed by atoms with E-state index in [2.05, 4.69) is 5.10 Å². The summed E-state index contributed by atoms with van der Waals surface area (Å²) in [5, 5.41) is 5.48. The van der Waals surface area contributed by atoms with Crippen LogP contribution in [0.25, 0.3) is 10.8 Å². The Hall–Kier alpha value is -3.69. The third-order valence-corrected chi connectivity index (χ3v) is 5.72. The third-order valence-electron chi connectivity index (χ3n) is 5.72. The zero-order valence-electron chi connectivity index (χ0n) is 17.8. The standard InChI is InChI=1S/C23H21F3N4O3/c1-15-18-4-2-3-5-19(18)22(33)30(27-15)14-20(31)28-10-12-29(13-11-28)21(32)16-6-8-17(9-7-16)23(24,25)26/h2-9H,10-14H2,1H3. The van der Waals surface area contributed by atoms with Crippen molar-refractivity contribution in [1.29, 1.82) is 0 Å². The summed E-state index contributed by atoms with van der Waals surface area (Å²) in [4.78, 5) is 41.1. The monoisotopic (exact) mass is 458 g/mol. The zero-order chi connectivity index (χ0) is 23.8. The fourth-order valence-electron chi connectivity index (χ4n) is 3.88. The van der Waals surface area contributed by atoms with Gasteiger partial charge in [-0.2, -0.15) is 18.3 Å². The van der Waals surface area contributed by atoms with E-state index in [9.17, 15) is 27.6 Å². The van der Waals surface area contributed by atoms with Gasteiger partial charge in [0.15, 0.2) is 0 Å². The molecular weight excluding hydrogens is 437 g/mol. The second-order valence-electron chi connectivity index (χ2n) is 7.84. The van der Waals surface area contributed by atoms with Crippen molar-refractivity contribution in [2.45, 2.75) is 19.6 Å². The van der Waals surface area contributed by atoms with Gasteiger partial charge in [0.25, 0.3) is 11.5 Å². The van der Waals surface area contributed by atoms with E-state index in [0.717, 1.165) is 34.3 Å². The Bertz CT molecular complexity index is 1260. The van der Waals surface area contributed by atoms with Crippen molar-refractivity contribution in [3.05, 3.63) is 75.7 Å². The number of piperazine rings is 1. The Labute approximate surface area is 187 Å². The Balaban J connectivity index is 1.39. The molecule has 1 aromatic heterocycles. The Morgan fingerprint density at radius 2 is 1.48 bits per heavy atom. The van der Waals surface area contributed by atoms with Gasteiger partial charge in [-0.05, 0) is 37.3 Å². The van der Waals surface area contributed by atoms with E-state index in [1.165, 1.54) is 4.90 Å². The molecule has 0 radical (unpaired) electrons. The van der Waals surface area contributed by atoms with Gasteiger partial charge < -0.3 is 9.80 Å². The van der Waals surface area contributed by atoms with Crippen LogP contribution in [0, 0.1) is 6.92 Å². The van der Waals surface area contributed by atoms with Crippen LogP contribution < -0.4 is 5.56 Å². The smallest absolute Gasteiger partial charge is 0.338 e. The summed E-state index contributed by atoms with van der Waals surface area (Å²) < 4.78 is 39.3. The van der Waals surface area contributed by atoms with E-state index in [-0.39, 0.29) is 55.7 Å². The molecule has 10 heteroatoms. The summed E-state index contributed by atoms with van der Waals surface area (Å²) in [7, 11) is 0. The van der Waals surface area contributed by atoms with Crippen LogP contribution in [0.5, 0.6) is 0 Å². The first-order chi connectivity index (χ1) is 15.6. The number of carbonyl (C=O) groups excluding carboxylic acids is 2.